The van der Waals surface area contributed by atoms with Crippen LogP contribution in [0.2, 0.25) is 0 Å². The summed E-state index contributed by atoms with van der Waals surface area (Å²) in [5.41, 5.74) is 3.24. The van der Waals surface area contributed by atoms with E-state index in [-0.39, 0.29) is 11.9 Å². The molecule has 0 saturated heterocycles. The lowest BCUT2D eigenvalue weighted by molar-refractivity contribution is 0.0742. The molecule has 5 aromatic rings. The molecule has 0 radical (unpaired) electrons. The Morgan fingerprint density at radius 1 is 1.09 bits per heavy atom. The van der Waals surface area contributed by atoms with Crippen molar-refractivity contribution in [1.29, 1.82) is 0 Å². The number of thiazole rings is 1. The monoisotopic (exact) mass is 442 g/mol. The number of para-hydroxylation sites is 1. The lowest BCUT2D eigenvalue weighted by Gasteiger charge is -2.23. The van der Waals surface area contributed by atoms with Crippen LogP contribution in [-0.2, 0) is 6.61 Å². The zero-order valence-electron chi connectivity index (χ0n) is 17.8. The summed E-state index contributed by atoms with van der Waals surface area (Å²) in [6, 6.07) is 21.0. The number of fused-ring (bicyclic) bond motifs is 2. The molecule has 0 saturated carbocycles. The number of imidazole rings is 1. The summed E-state index contributed by atoms with van der Waals surface area (Å²) < 4.78 is 9.00. The van der Waals surface area contributed by atoms with Crippen molar-refractivity contribution >= 4 is 33.1 Å². The van der Waals surface area contributed by atoms with Gasteiger partial charge in [-0.1, -0.05) is 24.3 Å². The molecule has 0 aliphatic heterocycles. The van der Waals surface area contributed by atoms with Crippen molar-refractivity contribution in [3.05, 3.63) is 95.4 Å². The fraction of sp³-hybridized carbons (Fsp3) is 0.160. The van der Waals surface area contributed by atoms with E-state index in [1.54, 1.807) is 22.3 Å². The van der Waals surface area contributed by atoms with Gasteiger partial charge in [-0.25, -0.2) is 9.97 Å². The molecule has 0 fully saturated rings. The summed E-state index contributed by atoms with van der Waals surface area (Å²) in [4.78, 5) is 24.1. The second kappa shape index (κ2) is 8.43. The van der Waals surface area contributed by atoms with Gasteiger partial charge in [0.15, 0.2) is 0 Å². The summed E-state index contributed by atoms with van der Waals surface area (Å²) in [6.07, 6.45) is 3.89. The number of nitrogens with zero attached hydrogens (tertiary/aromatic N) is 4. The molecule has 1 amide bonds. The van der Waals surface area contributed by atoms with Crippen molar-refractivity contribution in [1.82, 2.24) is 19.3 Å². The van der Waals surface area contributed by atoms with Crippen molar-refractivity contribution in [2.24, 2.45) is 0 Å². The molecule has 6 nitrogen and oxygen atoms in total. The predicted molar refractivity (Wildman–Crippen MR) is 126 cm³/mol. The van der Waals surface area contributed by atoms with Crippen LogP contribution >= 0.6 is 11.3 Å². The fourth-order valence-corrected chi connectivity index (χ4v) is 4.61. The van der Waals surface area contributed by atoms with Gasteiger partial charge < -0.3 is 14.0 Å². The molecule has 0 aliphatic carbocycles. The first-order chi connectivity index (χ1) is 15.6. The topological polar surface area (TPSA) is 59.7 Å². The van der Waals surface area contributed by atoms with E-state index >= 15 is 0 Å². The Balaban J connectivity index is 1.29. The van der Waals surface area contributed by atoms with E-state index in [0.29, 0.717) is 17.9 Å². The van der Waals surface area contributed by atoms with Crippen molar-refractivity contribution in [3.63, 3.8) is 0 Å². The Bertz CT molecular complexity index is 1340. The maximum absolute atomic E-state index is 13.2. The van der Waals surface area contributed by atoms with Gasteiger partial charge in [0.25, 0.3) is 5.91 Å². The number of hydrogen-bond acceptors (Lipinski definition) is 5. The Kier molecular flexibility index (Phi) is 5.33. The smallest absolute Gasteiger partial charge is 0.254 e. The van der Waals surface area contributed by atoms with Crippen LogP contribution in [0.5, 0.6) is 5.75 Å². The first kappa shape index (κ1) is 20.2. The molecular formula is C25H22N4O2S. The molecule has 1 unspecified atom stereocenters. The van der Waals surface area contributed by atoms with Crippen LogP contribution in [0, 0.1) is 0 Å². The van der Waals surface area contributed by atoms with E-state index in [1.165, 1.54) is 0 Å². The molecule has 0 bridgehead atoms. The highest BCUT2D eigenvalue weighted by Crippen LogP contribution is 2.29. The van der Waals surface area contributed by atoms with Gasteiger partial charge in [-0.05, 0) is 49.4 Å². The minimum absolute atomic E-state index is 0.0741. The minimum Gasteiger partial charge on any atom is -0.487 e. The van der Waals surface area contributed by atoms with Crippen molar-refractivity contribution in [2.45, 2.75) is 19.6 Å². The molecule has 3 heterocycles. The molecule has 0 spiro atoms. The van der Waals surface area contributed by atoms with Crippen molar-refractivity contribution in [3.8, 4) is 5.75 Å². The standard InChI is InChI=1S/C25H22N4O2S/c1-17(24-27-21-10-3-4-11-22(21)32-24)28(2)25(30)18-8-7-9-20(14-18)31-16-19-15-29-13-6-5-12-23(29)26-19/h3-15,17H,16H2,1-2H3. The van der Waals surface area contributed by atoms with Crippen LogP contribution in [0.3, 0.4) is 0 Å². The largest absolute Gasteiger partial charge is 0.487 e. The van der Waals surface area contributed by atoms with Gasteiger partial charge in [-0.3, -0.25) is 4.79 Å². The molecule has 0 N–H and O–H groups in total. The maximum atomic E-state index is 13.2. The van der Waals surface area contributed by atoms with Crippen LogP contribution in [0.25, 0.3) is 15.9 Å². The Morgan fingerprint density at radius 2 is 1.94 bits per heavy atom. The number of pyridine rings is 1. The Hall–Kier alpha value is -3.71. The third kappa shape index (κ3) is 3.94. The average molecular weight is 443 g/mol. The van der Waals surface area contributed by atoms with Gasteiger partial charge in [0.2, 0.25) is 0 Å². The lowest BCUT2D eigenvalue weighted by atomic mass is 10.1. The molecule has 0 aliphatic rings. The fourth-order valence-electron chi connectivity index (χ4n) is 3.55. The van der Waals surface area contributed by atoms with E-state index in [1.807, 2.05) is 85.4 Å². The number of ether oxygens (including phenoxy) is 1. The summed E-state index contributed by atoms with van der Waals surface area (Å²) in [5.74, 6) is 0.559. The average Bonchev–Trinajstić information content (AvgIpc) is 3.45. The Morgan fingerprint density at radius 3 is 2.78 bits per heavy atom. The number of amides is 1. The number of carbonyl (C=O) groups excluding carboxylic acids is 1. The van der Waals surface area contributed by atoms with Crippen LogP contribution in [0.15, 0.2) is 79.1 Å². The first-order valence-electron chi connectivity index (χ1n) is 10.4. The predicted octanol–water partition coefficient (Wildman–Crippen LogP) is 5.36. The second-order valence-electron chi connectivity index (χ2n) is 7.63. The van der Waals surface area contributed by atoms with Crippen molar-refractivity contribution in [2.75, 3.05) is 7.05 Å². The highest BCUT2D eigenvalue weighted by Gasteiger charge is 2.22. The molecule has 3 aromatic heterocycles. The Labute approximate surface area is 189 Å². The highest BCUT2D eigenvalue weighted by molar-refractivity contribution is 7.18. The summed E-state index contributed by atoms with van der Waals surface area (Å²) >= 11 is 1.62. The first-order valence-corrected chi connectivity index (χ1v) is 11.2. The number of aromatic nitrogens is 3. The number of benzene rings is 2. The van der Waals surface area contributed by atoms with Gasteiger partial charge in [0.1, 0.15) is 23.0 Å². The van der Waals surface area contributed by atoms with E-state index < -0.39 is 0 Å². The quantitative estimate of drug-likeness (QED) is 0.355. The lowest BCUT2D eigenvalue weighted by Crippen LogP contribution is -2.29. The summed E-state index contributed by atoms with van der Waals surface area (Å²) in [7, 11) is 1.81. The normalized spacial score (nSPS) is 12.2. The van der Waals surface area contributed by atoms with Gasteiger partial charge >= 0.3 is 0 Å². The zero-order valence-corrected chi connectivity index (χ0v) is 18.6. The van der Waals surface area contributed by atoms with Crippen molar-refractivity contribution < 1.29 is 9.53 Å². The highest BCUT2D eigenvalue weighted by atomic mass is 32.1. The van der Waals surface area contributed by atoms with Gasteiger partial charge in [-0.15, -0.1) is 11.3 Å². The number of rotatable bonds is 6. The van der Waals surface area contributed by atoms with E-state index in [4.69, 9.17) is 9.72 Å². The van der Waals surface area contributed by atoms with Gasteiger partial charge in [0.05, 0.1) is 22.0 Å². The van der Waals surface area contributed by atoms with Gasteiger partial charge in [0, 0.05) is 25.0 Å². The van der Waals surface area contributed by atoms with Gasteiger partial charge in [-0.2, -0.15) is 0 Å². The molecule has 32 heavy (non-hydrogen) atoms. The van der Waals surface area contributed by atoms with Crippen LogP contribution in [0.4, 0.5) is 0 Å². The van der Waals surface area contributed by atoms with Crippen LogP contribution in [-0.4, -0.2) is 32.2 Å². The summed E-state index contributed by atoms with van der Waals surface area (Å²) in [5, 5.41) is 0.918. The van der Waals surface area contributed by atoms with Crippen LogP contribution in [0.1, 0.15) is 34.0 Å². The maximum Gasteiger partial charge on any atom is 0.254 e. The molecule has 160 valence electrons. The number of carbonyl (C=O) groups is 1. The number of hydrogen-bond donors (Lipinski definition) is 0. The molecule has 7 heteroatoms. The molecule has 5 rings (SSSR count). The SMILES string of the molecule is CC(c1nc2ccccc2s1)N(C)C(=O)c1cccc(OCc2cn3ccccc3n2)c1. The third-order valence-electron chi connectivity index (χ3n) is 5.45. The minimum atomic E-state index is -0.137. The zero-order chi connectivity index (χ0) is 22.1. The molecular weight excluding hydrogens is 420 g/mol. The third-order valence-corrected chi connectivity index (χ3v) is 6.66. The van der Waals surface area contributed by atoms with E-state index in [9.17, 15) is 4.79 Å². The second-order valence-corrected chi connectivity index (χ2v) is 8.69. The van der Waals surface area contributed by atoms with E-state index in [0.717, 1.165) is 26.6 Å². The molecule has 2 aromatic carbocycles. The van der Waals surface area contributed by atoms with Crippen LogP contribution < -0.4 is 4.74 Å². The molecule has 1 atom stereocenters. The summed E-state index contributed by atoms with van der Waals surface area (Å²) in [6.45, 7) is 2.33. The van der Waals surface area contributed by atoms with E-state index in [2.05, 4.69) is 11.1 Å².